The van der Waals surface area contributed by atoms with Gasteiger partial charge in [-0.25, -0.2) is 0 Å². The van der Waals surface area contributed by atoms with Crippen LogP contribution in [0.3, 0.4) is 0 Å². The van der Waals surface area contributed by atoms with Crippen LogP contribution in [-0.2, 0) is 13.1 Å². The van der Waals surface area contributed by atoms with Crippen LogP contribution in [0.15, 0.2) is 82.2 Å². The zero-order valence-corrected chi connectivity index (χ0v) is 19.6. The number of rotatable bonds is 7. The van der Waals surface area contributed by atoms with Gasteiger partial charge < -0.3 is 19.0 Å². The Morgan fingerprint density at radius 3 is 2.20 bits per heavy atom. The summed E-state index contributed by atoms with van der Waals surface area (Å²) >= 11 is 0. The van der Waals surface area contributed by atoms with Crippen LogP contribution < -0.4 is 14.9 Å². The quantitative estimate of drug-likeness (QED) is 0.421. The Bertz CT molecular complexity index is 1360. The first-order chi connectivity index (χ1) is 17.1. The normalized spacial score (nSPS) is 14.8. The van der Waals surface area contributed by atoms with Crippen molar-refractivity contribution in [3.8, 4) is 23.0 Å². The van der Waals surface area contributed by atoms with Crippen LogP contribution in [0.1, 0.15) is 11.1 Å². The minimum Gasteiger partial charge on any atom is -0.507 e. The van der Waals surface area contributed by atoms with E-state index in [0.717, 1.165) is 32.7 Å². The molecule has 0 unspecified atom stereocenters. The van der Waals surface area contributed by atoms with E-state index < -0.39 is 0 Å². The smallest absolute Gasteiger partial charge is 0.235 e. The summed E-state index contributed by atoms with van der Waals surface area (Å²) in [7, 11) is 1.54. The van der Waals surface area contributed by atoms with Crippen molar-refractivity contribution in [2.45, 2.75) is 13.1 Å². The topological polar surface area (TPSA) is 75.4 Å². The number of benzene rings is 3. The van der Waals surface area contributed by atoms with Crippen molar-refractivity contribution >= 4 is 11.0 Å². The fraction of sp³-hybridized carbons (Fsp3) is 0.250. The Hall–Kier alpha value is -3.81. The van der Waals surface area contributed by atoms with Gasteiger partial charge in [0.1, 0.15) is 17.6 Å². The predicted octanol–water partition coefficient (Wildman–Crippen LogP) is 4.62. The minimum atomic E-state index is -0.300. The average Bonchev–Trinajstić information content (AvgIpc) is 2.89. The number of hydrogen-bond acceptors (Lipinski definition) is 7. The number of piperazine rings is 1. The molecule has 3 aromatic carbocycles. The molecule has 2 heterocycles. The maximum atomic E-state index is 13.2. The van der Waals surface area contributed by atoms with E-state index in [2.05, 4.69) is 34.1 Å². The Labute approximate surface area is 203 Å². The summed E-state index contributed by atoms with van der Waals surface area (Å²) in [5.74, 6) is 1.12. The Kier molecular flexibility index (Phi) is 6.70. The highest BCUT2D eigenvalue weighted by molar-refractivity contribution is 5.83. The number of aromatic hydroxyl groups is 1. The fourth-order valence-electron chi connectivity index (χ4n) is 4.45. The van der Waals surface area contributed by atoms with Crippen LogP contribution in [0.25, 0.3) is 11.0 Å². The summed E-state index contributed by atoms with van der Waals surface area (Å²) in [6.45, 7) is 5.02. The van der Waals surface area contributed by atoms with Crippen LogP contribution in [-0.4, -0.2) is 48.2 Å². The molecule has 7 nitrogen and oxygen atoms in total. The standard InChI is InChI=1S/C28H28N2O5/c1-33-24-9-5-6-10-25(24)35-26-19-34-28-21(27(26)32)11-12-23(31)22(28)18-30-15-13-29(14-16-30)17-20-7-3-2-4-8-20/h2-12,19,31H,13-18H2,1H3. The van der Waals surface area contributed by atoms with E-state index in [1.807, 2.05) is 12.1 Å². The predicted molar refractivity (Wildman–Crippen MR) is 134 cm³/mol. The summed E-state index contributed by atoms with van der Waals surface area (Å²) < 4.78 is 17.0. The molecule has 0 saturated carbocycles. The molecule has 1 aromatic heterocycles. The van der Waals surface area contributed by atoms with E-state index in [1.54, 1.807) is 37.4 Å². The third-order valence-corrected chi connectivity index (χ3v) is 6.37. The van der Waals surface area contributed by atoms with Gasteiger partial charge in [-0.2, -0.15) is 0 Å². The monoisotopic (exact) mass is 472 g/mol. The molecule has 0 spiro atoms. The largest absolute Gasteiger partial charge is 0.507 e. The molecule has 1 fully saturated rings. The lowest BCUT2D eigenvalue weighted by atomic mass is 10.1. The Morgan fingerprint density at radius 1 is 0.829 bits per heavy atom. The molecule has 0 atom stereocenters. The zero-order chi connectivity index (χ0) is 24.2. The lowest BCUT2D eigenvalue weighted by Crippen LogP contribution is -2.45. The van der Waals surface area contributed by atoms with Gasteiger partial charge in [-0.1, -0.05) is 42.5 Å². The van der Waals surface area contributed by atoms with Gasteiger partial charge >= 0.3 is 0 Å². The van der Waals surface area contributed by atoms with E-state index in [-0.39, 0.29) is 16.9 Å². The van der Waals surface area contributed by atoms with Crippen molar-refractivity contribution in [2.24, 2.45) is 0 Å². The van der Waals surface area contributed by atoms with Gasteiger partial charge in [0.05, 0.1) is 18.1 Å². The average molecular weight is 473 g/mol. The van der Waals surface area contributed by atoms with Crippen molar-refractivity contribution in [1.29, 1.82) is 0 Å². The second-order valence-electron chi connectivity index (χ2n) is 8.66. The highest BCUT2D eigenvalue weighted by Crippen LogP contribution is 2.32. The minimum absolute atomic E-state index is 0.0631. The third kappa shape index (κ3) is 5.01. The lowest BCUT2D eigenvalue weighted by molar-refractivity contribution is 0.121. The van der Waals surface area contributed by atoms with Crippen molar-refractivity contribution in [1.82, 2.24) is 9.80 Å². The third-order valence-electron chi connectivity index (χ3n) is 6.37. The fourth-order valence-corrected chi connectivity index (χ4v) is 4.45. The molecule has 0 aliphatic carbocycles. The summed E-state index contributed by atoms with van der Waals surface area (Å²) in [5.41, 5.74) is 2.00. The van der Waals surface area contributed by atoms with Gasteiger partial charge in [0.25, 0.3) is 0 Å². The number of nitrogens with zero attached hydrogens (tertiary/aromatic N) is 2. The van der Waals surface area contributed by atoms with Gasteiger partial charge in [0.15, 0.2) is 11.5 Å². The van der Waals surface area contributed by atoms with E-state index in [4.69, 9.17) is 13.9 Å². The van der Waals surface area contributed by atoms with E-state index in [1.165, 1.54) is 11.8 Å². The Balaban J connectivity index is 1.33. The first-order valence-electron chi connectivity index (χ1n) is 11.7. The van der Waals surface area contributed by atoms with Crippen LogP contribution in [0, 0.1) is 0 Å². The van der Waals surface area contributed by atoms with Gasteiger partial charge in [-0.15, -0.1) is 0 Å². The second-order valence-corrected chi connectivity index (χ2v) is 8.66. The molecular weight excluding hydrogens is 444 g/mol. The number of phenols is 1. The van der Waals surface area contributed by atoms with Gasteiger partial charge in [-0.05, 0) is 29.8 Å². The zero-order valence-electron chi connectivity index (χ0n) is 19.6. The lowest BCUT2D eigenvalue weighted by Gasteiger charge is -2.34. The SMILES string of the molecule is COc1ccccc1Oc1coc2c(CN3CCN(Cc4ccccc4)CC3)c(O)ccc2c1=O. The molecule has 4 aromatic rings. The molecule has 7 heteroatoms. The first kappa shape index (κ1) is 23.0. The molecule has 5 rings (SSSR count). The highest BCUT2D eigenvalue weighted by atomic mass is 16.5. The summed E-state index contributed by atoms with van der Waals surface area (Å²) in [6, 6.07) is 20.7. The van der Waals surface area contributed by atoms with Crippen molar-refractivity contribution in [2.75, 3.05) is 33.3 Å². The van der Waals surface area contributed by atoms with Gasteiger partial charge in [0.2, 0.25) is 11.2 Å². The van der Waals surface area contributed by atoms with E-state index >= 15 is 0 Å². The van der Waals surface area contributed by atoms with E-state index in [9.17, 15) is 9.90 Å². The molecular formula is C28H28N2O5. The number of fused-ring (bicyclic) bond motifs is 1. The van der Waals surface area contributed by atoms with Crippen LogP contribution >= 0.6 is 0 Å². The van der Waals surface area contributed by atoms with Gasteiger partial charge in [-0.3, -0.25) is 14.6 Å². The molecule has 35 heavy (non-hydrogen) atoms. The van der Waals surface area contributed by atoms with Crippen molar-refractivity contribution in [3.05, 3.63) is 94.3 Å². The van der Waals surface area contributed by atoms with Crippen LogP contribution in [0.2, 0.25) is 0 Å². The number of para-hydroxylation sites is 2. The number of phenolic OH excluding ortho intramolecular Hbond substituents is 1. The summed E-state index contributed by atoms with van der Waals surface area (Å²) in [5, 5.41) is 11.0. The highest BCUT2D eigenvalue weighted by Gasteiger charge is 2.21. The molecule has 1 aliphatic rings. The van der Waals surface area contributed by atoms with Crippen molar-refractivity contribution in [3.63, 3.8) is 0 Å². The van der Waals surface area contributed by atoms with Crippen LogP contribution in [0.5, 0.6) is 23.0 Å². The molecule has 1 aliphatic heterocycles. The summed E-state index contributed by atoms with van der Waals surface area (Å²) in [6.07, 6.45) is 1.30. The summed E-state index contributed by atoms with van der Waals surface area (Å²) in [4.78, 5) is 17.9. The molecule has 1 saturated heterocycles. The first-order valence-corrected chi connectivity index (χ1v) is 11.7. The maximum absolute atomic E-state index is 13.2. The number of hydrogen-bond donors (Lipinski definition) is 1. The second kappa shape index (κ2) is 10.2. The molecule has 0 radical (unpaired) electrons. The maximum Gasteiger partial charge on any atom is 0.235 e. The number of ether oxygens (including phenoxy) is 2. The number of methoxy groups -OCH3 is 1. The molecule has 1 N–H and O–H groups in total. The van der Waals surface area contributed by atoms with Gasteiger partial charge in [0, 0.05) is 39.3 Å². The molecule has 0 bridgehead atoms. The Morgan fingerprint density at radius 2 is 1.49 bits per heavy atom. The van der Waals surface area contributed by atoms with Crippen LogP contribution in [0.4, 0.5) is 0 Å². The molecule has 0 amide bonds. The van der Waals surface area contributed by atoms with E-state index in [0.29, 0.717) is 34.6 Å². The van der Waals surface area contributed by atoms with Crippen molar-refractivity contribution < 1.29 is 19.0 Å². The molecule has 180 valence electrons.